The van der Waals surface area contributed by atoms with E-state index in [2.05, 4.69) is 16.6 Å². The Morgan fingerprint density at radius 2 is 2.56 bits per heavy atom. The molecule has 16 heavy (non-hydrogen) atoms. The molecule has 1 saturated heterocycles. The summed E-state index contributed by atoms with van der Waals surface area (Å²) in [6.07, 6.45) is 5.60. The maximum atomic E-state index is 11.5. The van der Waals surface area contributed by atoms with Crippen molar-refractivity contribution < 1.29 is 9.53 Å². The van der Waals surface area contributed by atoms with Crippen LogP contribution in [0.2, 0.25) is 0 Å². The Balaban J connectivity index is 1.99. The predicted molar refractivity (Wildman–Crippen MR) is 66.4 cm³/mol. The van der Waals surface area contributed by atoms with Crippen LogP contribution < -0.4 is 10.6 Å². The smallest absolute Gasteiger partial charge is 0.221 e. The van der Waals surface area contributed by atoms with Gasteiger partial charge in [-0.3, -0.25) is 4.79 Å². The Morgan fingerprint density at radius 3 is 3.25 bits per heavy atom. The van der Waals surface area contributed by atoms with Gasteiger partial charge in [0.2, 0.25) is 5.91 Å². The SMILES string of the molecule is C#CCSCCNC(=O)CC1COCCN1. The summed E-state index contributed by atoms with van der Waals surface area (Å²) in [5, 5.41) is 6.11. The quantitative estimate of drug-likeness (QED) is 0.502. The highest BCUT2D eigenvalue weighted by Gasteiger charge is 2.16. The first-order chi connectivity index (χ1) is 7.83. The molecule has 5 heteroatoms. The highest BCUT2D eigenvalue weighted by atomic mass is 32.2. The Bertz CT molecular complexity index is 247. The van der Waals surface area contributed by atoms with Crippen LogP contribution in [0.1, 0.15) is 6.42 Å². The lowest BCUT2D eigenvalue weighted by Crippen LogP contribution is -2.44. The zero-order valence-corrected chi connectivity index (χ0v) is 10.1. The normalized spacial score (nSPS) is 20.1. The number of nitrogens with one attached hydrogen (secondary N) is 2. The van der Waals surface area contributed by atoms with Gasteiger partial charge in [-0.1, -0.05) is 5.92 Å². The molecule has 1 unspecified atom stereocenters. The lowest BCUT2D eigenvalue weighted by atomic mass is 10.2. The van der Waals surface area contributed by atoms with Crippen LogP contribution in [0.3, 0.4) is 0 Å². The molecule has 1 aliphatic rings. The van der Waals surface area contributed by atoms with Crippen LogP contribution in [0.5, 0.6) is 0 Å². The van der Waals surface area contributed by atoms with Gasteiger partial charge in [0, 0.05) is 31.3 Å². The minimum Gasteiger partial charge on any atom is -0.378 e. The fraction of sp³-hybridized carbons (Fsp3) is 0.727. The number of carbonyl (C=O) groups excluding carboxylic acids is 1. The van der Waals surface area contributed by atoms with E-state index in [0.29, 0.717) is 25.3 Å². The Hall–Kier alpha value is -0.700. The molecule has 1 atom stereocenters. The van der Waals surface area contributed by atoms with Gasteiger partial charge >= 0.3 is 0 Å². The number of thioether (sulfide) groups is 1. The van der Waals surface area contributed by atoms with Crippen LogP contribution in [-0.2, 0) is 9.53 Å². The average Bonchev–Trinajstić information content (AvgIpc) is 2.30. The van der Waals surface area contributed by atoms with Crippen molar-refractivity contribution in [1.29, 1.82) is 0 Å². The minimum atomic E-state index is 0.0734. The van der Waals surface area contributed by atoms with Crippen LogP contribution in [0.4, 0.5) is 0 Å². The summed E-state index contributed by atoms with van der Waals surface area (Å²) in [7, 11) is 0. The molecule has 0 aromatic rings. The van der Waals surface area contributed by atoms with Gasteiger partial charge in [-0.05, 0) is 0 Å². The van der Waals surface area contributed by atoms with Gasteiger partial charge in [-0.2, -0.15) is 0 Å². The number of hydrogen-bond acceptors (Lipinski definition) is 4. The first-order valence-electron chi connectivity index (χ1n) is 5.42. The summed E-state index contributed by atoms with van der Waals surface area (Å²) >= 11 is 1.65. The monoisotopic (exact) mass is 242 g/mol. The van der Waals surface area contributed by atoms with Gasteiger partial charge in [0.05, 0.1) is 19.0 Å². The summed E-state index contributed by atoms with van der Waals surface area (Å²) in [6.45, 7) is 2.87. The number of hydrogen-bond donors (Lipinski definition) is 2. The molecular formula is C11H18N2O2S. The van der Waals surface area contributed by atoms with Crippen molar-refractivity contribution in [3.63, 3.8) is 0 Å². The molecule has 0 aromatic heterocycles. The number of amides is 1. The lowest BCUT2D eigenvalue weighted by Gasteiger charge is -2.23. The molecule has 0 bridgehead atoms. The Morgan fingerprint density at radius 1 is 1.69 bits per heavy atom. The van der Waals surface area contributed by atoms with E-state index in [-0.39, 0.29) is 11.9 Å². The summed E-state index contributed by atoms with van der Waals surface area (Å²) in [5.74, 6) is 4.19. The zero-order chi connectivity index (χ0) is 11.6. The molecule has 0 radical (unpaired) electrons. The topological polar surface area (TPSA) is 50.4 Å². The number of ether oxygens (including phenoxy) is 1. The van der Waals surface area contributed by atoms with Crippen molar-refractivity contribution in [3.8, 4) is 12.3 Å². The minimum absolute atomic E-state index is 0.0734. The standard InChI is InChI=1S/C11H18N2O2S/c1-2-6-16-7-4-13-11(14)8-10-9-15-5-3-12-10/h1,10,12H,3-9H2,(H,13,14). The average molecular weight is 242 g/mol. The molecule has 1 heterocycles. The van der Waals surface area contributed by atoms with Gasteiger partial charge in [0.1, 0.15) is 0 Å². The third-order valence-corrected chi connectivity index (χ3v) is 3.05. The van der Waals surface area contributed by atoms with Crippen molar-refractivity contribution in [1.82, 2.24) is 10.6 Å². The highest BCUT2D eigenvalue weighted by molar-refractivity contribution is 7.99. The largest absolute Gasteiger partial charge is 0.378 e. The van der Waals surface area contributed by atoms with Gasteiger partial charge in [-0.25, -0.2) is 0 Å². The summed E-state index contributed by atoms with van der Waals surface area (Å²) in [5.41, 5.74) is 0. The predicted octanol–water partition coefficient (Wildman–Crippen LogP) is -0.152. The van der Waals surface area contributed by atoms with E-state index in [9.17, 15) is 4.79 Å². The summed E-state index contributed by atoms with van der Waals surface area (Å²) < 4.78 is 5.27. The van der Waals surface area contributed by atoms with E-state index < -0.39 is 0 Å². The molecular weight excluding hydrogens is 224 g/mol. The molecule has 1 fully saturated rings. The summed E-state index contributed by atoms with van der Waals surface area (Å²) in [6, 6.07) is 0.159. The number of carbonyl (C=O) groups is 1. The lowest BCUT2D eigenvalue weighted by molar-refractivity contribution is -0.122. The second kappa shape index (κ2) is 8.45. The molecule has 90 valence electrons. The fourth-order valence-corrected chi connectivity index (χ4v) is 1.95. The van der Waals surface area contributed by atoms with E-state index in [1.807, 2.05) is 0 Å². The molecule has 4 nitrogen and oxygen atoms in total. The van der Waals surface area contributed by atoms with Crippen LogP contribution in [-0.4, -0.2) is 49.8 Å². The molecule has 1 amide bonds. The number of terminal acetylenes is 1. The maximum absolute atomic E-state index is 11.5. The molecule has 1 aliphatic heterocycles. The third kappa shape index (κ3) is 6.01. The zero-order valence-electron chi connectivity index (χ0n) is 9.33. The van der Waals surface area contributed by atoms with Crippen LogP contribution in [0, 0.1) is 12.3 Å². The van der Waals surface area contributed by atoms with Crippen molar-refractivity contribution >= 4 is 17.7 Å². The molecule has 1 rings (SSSR count). The van der Waals surface area contributed by atoms with Crippen molar-refractivity contribution in [2.24, 2.45) is 0 Å². The molecule has 0 aromatic carbocycles. The second-order valence-electron chi connectivity index (χ2n) is 3.54. The number of morpholine rings is 1. The van der Waals surface area contributed by atoms with Gasteiger partial charge in [0.15, 0.2) is 0 Å². The van der Waals surface area contributed by atoms with Crippen LogP contribution in [0.15, 0.2) is 0 Å². The van der Waals surface area contributed by atoms with Crippen LogP contribution in [0.25, 0.3) is 0 Å². The molecule has 2 N–H and O–H groups in total. The molecule has 0 saturated carbocycles. The number of rotatable bonds is 6. The second-order valence-corrected chi connectivity index (χ2v) is 4.64. The van der Waals surface area contributed by atoms with E-state index >= 15 is 0 Å². The van der Waals surface area contributed by atoms with Gasteiger partial charge in [0.25, 0.3) is 0 Å². The van der Waals surface area contributed by atoms with E-state index in [1.165, 1.54) is 0 Å². The maximum Gasteiger partial charge on any atom is 0.221 e. The summed E-state index contributed by atoms with van der Waals surface area (Å²) in [4.78, 5) is 11.5. The molecule has 0 spiro atoms. The fourth-order valence-electron chi connectivity index (χ4n) is 1.44. The van der Waals surface area contributed by atoms with E-state index in [0.717, 1.165) is 18.9 Å². The van der Waals surface area contributed by atoms with Crippen molar-refractivity contribution in [2.45, 2.75) is 12.5 Å². The Kier molecular flexibility index (Phi) is 7.06. The van der Waals surface area contributed by atoms with Gasteiger partial charge in [-0.15, -0.1) is 18.2 Å². The first kappa shape index (κ1) is 13.4. The Labute approximate surface area is 101 Å². The highest BCUT2D eigenvalue weighted by Crippen LogP contribution is 1.99. The first-order valence-corrected chi connectivity index (χ1v) is 6.57. The molecule has 0 aliphatic carbocycles. The van der Waals surface area contributed by atoms with E-state index in [4.69, 9.17) is 11.2 Å². The van der Waals surface area contributed by atoms with E-state index in [1.54, 1.807) is 11.8 Å². The third-order valence-electron chi connectivity index (χ3n) is 2.18. The van der Waals surface area contributed by atoms with Crippen LogP contribution >= 0.6 is 11.8 Å². The van der Waals surface area contributed by atoms with Crippen molar-refractivity contribution in [3.05, 3.63) is 0 Å². The van der Waals surface area contributed by atoms with Gasteiger partial charge < -0.3 is 15.4 Å². The van der Waals surface area contributed by atoms with Crippen molar-refractivity contribution in [2.75, 3.05) is 37.8 Å².